The van der Waals surface area contributed by atoms with E-state index >= 15 is 0 Å². The fraction of sp³-hybridized carbons (Fsp3) is 0.286. The molecular formula is C28H25N5O2. The van der Waals surface area contributed by atoms with Crippen LogP contribution in [0.5, 0.6) is 5.75 Å². The first-order valence-electron chi connectivity index (χ1n) is 11.9. The van der Waals surface area contributed by atoms with E-state index in [2.05, 4.69) is 33.4 Å². The molecule has 3 heterocycles. The second-order valence-corrected chi connectivity index (χ2v) is 9.19. The zero-order valence-electron chi connectivity index (χ0n) is 19.5. The minimum absolute atomic E-state index is 0.0729. The molecule has 2 aliphatic rings. The van der Waals surface area contributed by atoms with Gasteiger partial charge in [0.1, 0.15) is 22.7 Å². The van der Waals surface area contributed by atoms with E-state index in [1.54, 1.807) is 7.11 Å². The highest BCUT2D eigenvalue weighted by molar-refractivity contribution is 5.93. The van der Waals surface area contributed by atoms with Crippen molar-refractivity contribution in [3.05, 3.63) is 65.5 Å². The Hall–Kier alpha value is -4.02. The second-order valence-electron chi connectivity index (χ2n) is 9.19. The molecule has 2 N–H and O–H groups in total. The van der Waals surface area contributed by atoms with Gasteiger partial charge in [-0.25, -0.2) is 4.98 Å². The van der Waals surface area contributed by atoms with Gasteiger partial charge in [-0.3, -0.25) is 10.1 Å². The normalized spacial score (nSPS) is 19.3. The highest BCUT2D eigenvalue weighted by atomic mass is 16.5. The van der Waals surface area contributed by atoms with Crippen LogP contribution in [0.2, 0.25) is 0 Å². The first kappa shape index (κ1) is 21.5. The van der Waals surface area contributed by atoms with Gasteiger partial charge >= 0.3 is 0 Å². The van der Waals surface area contributed by atoms with Gasteiger partial charge in [0, 0.05) is 23.4 Å². The molecule has 7 nitrogen and oxygen atoms in total. The maximum atomic E-state index is 9.76. The summed E-state index contributed by atoms with van der Waals surface area (Å²) in [4.78, 5) is 9.72. The van der Waals surface area contributed by atoms with Crippen LogP contribution in [0.1, 0.15) is 48.4 Å². The molecule has 4 aromatic rings. The topological polar surface area (TPSA) is 108 Å². The van der Waals surface area contributed by atoms with Crippen molar-refractivity contribution in [2.24, 2.45) is 0 Å². The maximum Gasteiger partial charge on any atom is 0.147 e. The number of pyridine rings is 2. The third-order valence-electron chi connectivity index (χ3n) is 7.15. The minimum Gasteiger partial charge on any atom is -0.494 e. The van der Waals surface area contributed by atoms with Crippen molar-refractivity contribution >= 4 is 16.6 Å². The molecule has 174 valence electrons. The zero-order chi connectivity index (χ0) is 23.9. The summed E-state index contributed by atoms with van der Waals surface area (Å²) < 4.78 is 5.71. The number of nitrogens with one attached hydrogen (secondary N) is 1. The van der Waals surface area contributed by atoms with Crippen molar-refractivity contribution in [1.29, 1.82) is 5.26 Å². The van der Waals surface area contributed by atoms with E-state index in [4.69, 9.17) is 9.72 Å². The number of aliphatic hydroxyl groups excluding tert-OH is 1. The molecule has 0 fully saturated rings. The Kier molecular flexibility index (Phi) is 5.31. The highest BCUT2D eigenvalue weighted by Gasteiger charge is 2.27. The Morgan fingerprint density at radius 3 is 2.80 bits per heavy atom. The number of rotatable bonds is 4. The fourth-order valence-corrected chi connectivity index (χ4v) is 5.27. The lowest BCUT2D eigenvalue weighted by Crippen LogP contribution is -2.10. The van der Waals surface area contributed by atoms with Crippen molar-refractivity contribution in [3.63, 3.8) is 0 Å². The Bertz CT molecular complexity index is 1500. The van der Waals surface area contributed by atoms with Crippen LogP contribution in [0.25, 0.3) is 39.1 Å². The van der Waals surface area contributed by atoms with Gasteiger partial charge in [-0.05, 0) is 60.9 Å². The van der Waals surface area contributed by atoms with Gasteiger partial charge in [0.05, 0.1) is 36.4 Å². The van der Waals surface area contributed by atoms with Gasteiger partial charge in [0.2, 0.25) is 0 Å². The number of methoxy groups -OCH3 is 1. The summed E-state index contributed by atoms with van der Waals surface area (Å²) in [5, 5.41) is 26.9. The third-order valence-corrected chi connectivity index (χ3v) is 7.15. The number of hydrogen-bond acceptors (Lipinski definition) is 6. The maximum absolute atomic E-state index is 9.76. The summed E-state index contributed by atoms with van der Waals surface area (Å²) in [6.07, 6.45) is 7.62. The van der Waals surface area contributed by atoms with Gasteiger partial charge in [-0.2, -0.15) is 10.4 Å². The lowest BCUT2D eigenvalue weighted by atomic mass is 9.94. The summed E-state index contributed by atoms with van der Waals surface area (Å²) in [7, 11) is 1.65. The standard InChI is InChI=1S/C28H25N5O2/c1-35-25-13-24-28(31-27(25)22-4-2-3-20-17(14-29)7-11-21(20)22)26(33-32-24)18-8-12-23(30-15-18)16-5-9-19(34)10-6-16/h2-5,8,12-13,15,17,19,34H,6-7,9-11H2,1H3,(H,32,33). The number of allylic oxidation sites excluding steroid dienone is 1. The molecule has 1 aromatic carbocycles. The quantitative estimate of drug-likeness (QED) is 0.432. The number of nitriles is 1. The van der Waals surface area contributed by atoms with Gasteiger partial charge in [-0.1, -0.05) is 24.3 Å². The summed E-state index contributed by atoms with van der Waals surface area (Å²) in [5.74, 6) is 0.595. The second kappa shape index (κ2) is 8.64. The van der Waals surface area contributed by atoms with Crippen molar-refractivity contribution in [2.45, 2.75) is 44.1 Å². The molecule has 0 saturated heterocycles. The van der Waals surface area contributed by atoms with E-state index in [1.807, 2.05) is 36.5 Å². The molecule has 0 bridgehead atoms. The van der Waals surface area contributed by atoms with Crippen LogP contribution in [0.3, 0.4) is 0 Å². The number of benzene rings is 1. The number of aliphatic hydroxyl groups is 1. The number of aromatic amines is 1. The van der Waals surface area contributed by atoms with E-state index in [0.717, 1.165) is 70.5 Å². The summed E-state index contributed by atoms with van der Waals surface area (Å²) in [6, 6.07) is 14.5. The van der Waals surface area contributed by atoms with Crippen LogP contribution in [-0.2, 0) is 6.42 Å². The smallest absolute Gasteiger partial charge is 0.147 e. The van der Waals surface area contributed by atoms with E-state index in [9.17, 15) is 10.4 Å². The average Bonchev–Trinajstić information content (AvgIpc) is 3.52. The molecule has 2 atom stereocenters. The van der Waals surface area contributed by atoms with Gasteiger partial charge < -0.3 is 9.84 Å². The summed E-state index contributed by atoms with van der Waals surface area (Å²) in [5.41, 5.74) is 9.28. The van der Waals surface area contributed by atoms with Crippen molar-refractivity contribution in [3.8, 4) is 34.3 Å². The van der Waals surface area contributed by atoms with Crippen molar-refractivity contribution < 1.29 is 9.84 Å². The van der Waals surface area contributed by atoms with Gasteiger partial charge in [0.25, 0.3) is 0 Å². The SMILES string of the molecule is COc1cc2[nH]nc(-c3ccc(C4=CCC(O)CC4)nc3)c2nc1-c1cccc2c1CCC2C#N. The van der Waals surface area contributed by atoms with Crippen LogP contribution in [0.15, 0.2) is 48.7 Å². The Morgan fingerprint density at radius 2 is 2.06 bits per heavy atom. The molecule has 35 heavy (non-hydrogen) atoms. The lowest BCUT2D eigenvalue weighted by Gasteiger charge is -2.17. The van der Waals surface area contributed by atoms with Crippen molar-refractivity contribution in [1.82, 2.24) is 20.2 Å². The fourth-order valence-electron chi connectivity index (χ4n) is 5.27. The third kappa shape index (κ3) is 3.67. The number of nitrogens with zero attached hydrogens (tertiary/aromatic N) is 4. The van der Waals surface area contributed by atoms with E-state index < -0.39 is 0 Å². The molecule has 0 radical (unpaired) electrons. The van der Waals surface area contributed by atoms with Crippen molar-refractivity contribution in [2.75, 3.05) is 7.11 Å². The molecule has 0 saturated carbocycles. The molecule has 0 spiro atoms. The average molecular weight is 464 g/mol. The molecule has 7 heteroatoms. The molecule has 2 aliphatic carbocycles. The van der Waals surface area contributed by atoms with Gasteiger partial charge in [0.15, 0.2) is 0 Å². The zero-order valence-corrected chi connectivity index (χ0v) is 19.5. The largest absolute Gasteiger partial charge is 0.494 e. The molecule has 3 aromatic heterocycles. The highest BCUT2D eigenvalue weighted by Crippen LogP contribution is 2.42. The predicted octanol–water partition coefficient (Wildman–Crippen LogP) is 5.18. The molecular weight excluding hydrogens is 438 g/mol. The monoisotopic (exact) mass is 463 g/mol. The number of fused-ring (bicyclic) bond motifs is 2. The van der Waals surface area contributed by atoms with Crippen LogP contribution in [-0.4, -0.2) is 38.5 Å². The van der Waals surface area contributed by atoms with E-state index in [-0.39, 0.29) is 12.0 Å². The number of aromatic nitrogens is 4. The van der Waals surface area contributed by atoms with E-state index in [1.165, 1.54) is 11.1 Å². The number of H-pyrrole nitrogens is 1. The summed E-state index contributed by atoms with van der Waals surface area (Å²) >= 11 is 0. The first-order chi connectivity index (χ1) is 17.2. The lowest BCUT2D eigenvalue weighted by molar-refractivity contribution is 0.166. The summed E-state index contributed by atoms with van der Waals surface area (Å²) in [6.45, 7) is 0. The van der Waals surface area contributed by atoms with E-state index in [0.29, 0.717) is 12.2 Å². The van der Waals surface area contributed by atoms with Crippen LogP contribution in [0.4, 0.5) is 0 Å². The predicted molar refractivity (Wildman–Crippen MR) is 134 cm³/mol. The van der Waals surface area contributed by atoms with Crippen LogP contribution in [0, 0.1) is 11.3 Å². The Morgan fingerprint density at radius 1 is 1.14 bits per heavy atom. The van der Waals surface area contributed by atoms with Gasteiger partial charge in [-0.15, -0.1) is 0 Å². The molecule has 6 rings (SSSR count). The number of ether oxygens (including phenoxy) is 1. The molecule has 2 unspecified atom stereocenters. The molecule has 0 aliphatic heterocycles. The number of hydrogen-bond donors (Lipinski definition) is 2. The Balaban J connectivity index is 1.43. The first-order valence-corrected chi connectivity index (χ1v) is 11.9. The molecule has 0 amide bonds. The Labute approximate surface area is 203 Å². The minimum atomic E-state index is -0.248. The van der Waals surface area contributed by atoms with Crippen LogP contribution < -0.4 is 4.74 Å². The van der Waals surface area contributed by atoms with Crippen LogP contribution >= 0.6 is 0 Å².